The van der Waals surface area contributed by atoms with Gasteiger partial charge in [-0.1, -0.05) is 52.9 Å². The molecule has 1 fully saturated rings. The van der Waals surface area contributed by atoms with Crippen molar-refractivity contribution >= 4 is 5.91 Å². The summed E-state index contributed by atoms with van der Waals surface area (Å²) in [5.74, 6) is 0.318. The molecule has 1 aliphatic rings. The summed E-state index contributed by atoms with van der Waals surface area (Å²) < 4.78 is 0. The third-order valence-corrected chi connectivity index (χ3v) is 3.90. The zero-order valence-electron chi connectivity index (χ0n) is 12.4. The first-order valence-electron chi connectivity index (χ1n) is 7.81. The van der Waals surface area contributed by atoms with Gasteiger partial charge in [0, 0.05) is 6.54 Å². The summed E-state index contributed by atoms with van der Waals surface area (Å²) in [4.78, 5) is 14.2. The van der Waals surface area contributed by atoms with E-state index in [1.165, 1.54) is 32.1 Å². The van der Waals surface area contributed by atoms with Crippen molar-refractivity contribution in [3.8, 4) is 0 Å². The van der Waals surface area contributed by atoms with Crippen LogP contribution in [0.15, 0.2) is 0 Å². The number of nitrogens with zero attached hydrogens (tertiary/aromatic N) is 1. The van der Waals surface area contributed by atoms with Gasteiger partial charge >= 0.3 is 0 Å². The molecule has 0 aliphatic carbocycles. The second kappa shape index (κ2) is 8.52. The molecule has 1 rings (SSSR count). The zero-order chi connectivity index (χ0) is 13.4. The molecule has 1 aliphatic heterocycles. The summed E-state index contributed by atoms with van der Waals surface area (Å²) in [6, 6.07) is 0.0649. The van der Waals surface area contributed by atoms with Gasteiger partial charge in [-0.15, -0.1) is 0 Å². The van der Waals surface area contributed by atoms with Crippen LogP contribution in [-0.2, 0) is 4.79 Å². The van der Waals surface area contributed by atoms with E-state index in [0.717, 1.165) is 25.8 Å². The molecule has 1 saturated heterocycles. The fourth-order valence-corrected chi connectivity index (χ4v) is 2.71. The molecule has 0 spiro atoms. The van der Waals surface area contributed by atoms with Crippen LogP contribution in [0.4, 0.5) is 0 Å². The van der Waals surface area contributed by atoms with Gasteiger partial charge in [0.25, 0.3) is 0 Å². The maximum absolute atomic E-state index is 12.1. The third kappa shape index (κ3) is 4.27. The van der Waals surface area contributed by atoms with Crippen LogP contribution >= 0.6 is 0 Å². The number of hydrogen-bond donors (Lipinski definition) is 1. The van der Waals surface area contributed by atoms with E-state index in [-0.39, 0.29) is 12.2 Å². The largest absolute Gasteiger partial charge is 0.326 e. The molecule has 0 saturated carbocycles. The molecule has 0 radical (unpaired) electrons. The highest BCUT2D eigenvalue weighted by atomic mass is 16.2. The van der Waals surface area contributed by atoms with Crippen molar-refractivity contribution in [2.75, 3.05) is 6.54 Å². The minimum absolute atomic E-state index is 0.0649. The lowest BCUT2D eigenvalue weighted by Gasteiger charge is -2.23. The topological polar surface area (TPSA) is 32.3 Å². The Morgan fingerprint density at radius 2 is 1.67 bits per heavy atom. The van der Waals surface area contributed by atoms with Gasteiger partial charge in [-0.05, 0) is 19.3 Å². The van der Waals surface area contributed by atoms with Crippen LogP contribution in [-0.4, -0.2) is 29.6 Å². The molecule has 106 valence electrons. The van der Waals surface area contributed by atoms with Crippen LogP contribution in [0.25, 0.3) is 0 Å². The predicted octanol–water partition coefficient (Wildman–Crippen LogP) is 3.29. The number of amides is 1. The van der Waals surface area contributed by atoms with Gasteiger partial charge in [-0.3, -0.25) is 10.1 Å². The highest BCUT2D eigenvalue weighted by Gasteiger charge is 2.35. The lowest BCUT2D eigenvalue weighted by Crippen LogP contribution is -2.37. The Morgan fingerprint density at radius 3 is 2.28 bits per heavy atom. The molecule has 3 heteroatoms. The fourth-order valence-electron chi connectivity index (χ4n) is 2.71. The van der Waals surface area contributed by atoms with Crippen LogP contribution in [0.1, 0.15) is 72.1 Å². The van der Waals surface area contributed by atoms with Gasteiger partial charge in [0.05, 0.1) is 12.2 Å². The van der Waals surface area contributed by atoms with E-state index >= 15 is 0 Å². The second-order valence-corrected chi connectivity index (χ2v) is 5.35. The standard InChI is InChI=1S/C15H30N2O/c1-4-7-8-9-10-11-12-17-14(6-3)16-13(5-2)15(17)18/h13-14,16H,4-12H2,1-3H3. The van der Waals surface area contributed by atoms with Crippen LogP contribution in [0.2, 0.25) is 0 Å². The van der Waals surface area contributed by atoms with Gasteiger partial charge in [0.1, 0.15) is 0 Å². The molecule has 2 atom stereocenters. The van der Waals surface area contributed by atoms with Crippen LogP contribution < -0.4 is 5.32 Å². The number of carbonyl (C=O) groups is 1. The molecule has 0 bridgehead atoms. The summed E-state index contributed by atoms with van der Waals surface area (Å²) in [7, 11) is 0. The predicted molar refractivity (Wildman–Crippen MR) is 76.4 cm³/mol. The number of nitrogens with one attached hydrogen (secondary N) is 1. The van der Waals surface area contributed by atoms with Crippen molar-refractivity contribution in [3.63, 3.8) is 0 Å². The highest BCUT2D eigenvalue weighted by Crippen LogP contribution is 2.17. The van der Waals surface area contributed by atoms with Crippen LogP contribution in [0.5, 0.6) is 0 Å². The molecule has 0 aromatic heterocycles. The van der Waals surface area contributed by atoms with E-state index in [1.807, 2.05) is 0 Å². The molecule has 1 amide bonds. The minimum Gasteiger partial charge on any atom is -0.326 e. The Bertz CT molecular complexity index is 243. The fraction of sp³-hybridized carbons (Fsp3) is 0.933. The maximum Gasteiger partial charge on any atom is 0.241 e. The first-order chi connectivity index (χ1) is 8.74. The second-order valence-electron chi connectivity index (χ2n) is 5.35. The molecule has 0 aromatic carbocycles. The number of rotatable bonds is 9. The molecule has 0 aromatic rings. The Morgan fingerprint density at radius 1 is 1.00 bits per heavy atom. The van der Waals surface area contributed by atoms with Gasteiger partial charge in [-0.2, -0.15) is 0 Å². The zero-order valence-corrected chi connectivity index (χ0v) is 12.4. The Kier molecular flexibility index (Phi) is 7.33. The van der Waals surface area contributed by atoms with Crippen molar-refractivity contribution in [1.82, 2.24) is 10.2 Å². The third-order valence-electron chi connectivity index (χ3n) is 3.90. The average molecular weight is 254 g/mol. The lowest BCUT2D eigenvalue weighted by molar-refractivity contribution is -0.130. The van der Waals surface area contributed by atoms with Gasteiger partial charge < -0.3 is 4.90 Å². The molecule has 3 nitrogen and oxygen atoms in total. The number of unbranched alkanes of at least 4 members (excludes halogenated alkanes) is 5. The molecule has 1 N–H and O–H groups in total. The molecule has 2 unspecified atom stereocenters. The summed E-state index contributed by atoms with van der Waals surface area (Å²) in [6.07, 6.45) is 9.92. The highest BCUT2D eigenvalue weighted by molar-refractivity contribution is 5.84. The average Bonchev–Trinajstić information content (AvgIpc) is 2.70. The first kappa shape index (κ1) is 15.5. The van der Waals surface area contributed by atoms with Crippen molar-refractivity contribution in [3.05, 3.63) is 0 Å². The van der Waals surface area contributed by atoms with E-state index in [4.69, 9.17) is 0 Å². The van der Waals surface area contributed by atoms with Crippen LogP contribution in [0.3, 0.4) is 0 Å². The summed E-state index contributed by atoms with van der Waals surface area (Å²) in [6.45, 7) is 7.41. The molecular weight excluding hydrogens is 224 g/mol. The van der Waals surface area contributed by atoms with Crippen molar-refractivity contribution in [2.24, 2.45) is 0 Å². The number of hydrogen-bond acceptors (Lipinski definition) is 2. The smallest absolute Gasteiger partial charge is 0.241 e. The molecule has 18 heavy (non-hydrogen) atoms. The van der Waals surface area contributed by atoms with Gasteiger partial charge in [0.15, 0.2) is 0 Å². The van der Waals surface area contributed by atoms with Gasteiger partial charge in [-0.25, -0.2) is 0 Å². The van der Waals surface area contributed by atoms with Crippen LogP contribution in [0, 0.1) is 0 Å². The first-order valence-corrected chi connectivity index (χ1v) is 7.81. The van der Waals surface area contributed by atoms with E-state index in [2.05, 4.69) is 31.0 Å². The lowest BCUT2D eigenvalue weighted by atomic mass is 10.1. The summed E-state index contributed by atoms with van der Waals surface area (Å²) in [5, 5.41) is 3.43. The number of carbonyl (C=O) groups excluding carboxylic acids is 1. The van der Waals surface area contributed by atoms with E-state index in [9.17, 15) is 4.79 Å². The van der Waals surface area contributed by atoms with Crippen molar-refractivity contribution in [2.45, 2.75) is 84.3 Å². The monoisotopic (exact) mass is 254 g/mol. The van der Waals surface area contributed by atoms with E-state index in [1.54, 1.807) is 0 Å². The SMILES string of the molecule is CCCCCCCCN1C(=O)C(CC)NC1CC. The quantitative estimate of drug-likeness (QED) is 0.640. The van der Waals surface area contributed by atoms with E-state index < -0.39 is 0 Å². The molecular formula is C15H30N2O. The van der Waals surface area contributed by atoms with Crippen molar-refractivity contribution in [1.29, 1.82) is 0 Å². The Balaban J connectivity index is 2.24. The maximum atomic E-state index is 12.1. The summed E-state index contributed by atoms with van der Waals surface area (Å²) >= 11 is 0. The van der Waals surface area contributed by atoms with E-state index in [0.29, 0.717) is 5.91 Å². The van der Waals surface area contributed by atoms with Crippen molar-refractivity contribution < 1.29 is 4.79 Å². The Labute approximate surface area is 112 Å². The van der Waals surface area contributed by atoms with Gasteiger partial charge in [0.2, 0.25) is 5.91 Å². The Hall–Kier alpha value is -0.570. The summed E-state index contributed by atoms with van der Waals surface area (Å²) in [5.41, 5.74) is 0. The molecule has 1 heterocycles. The normalized spacial score (nSPS) is 23.9. The minimum atomic E-state index is 0.0649.